The molecule has 0 bridgehead atoms. The molecule has 33 heavy (non-hydrogen) atoms. The standard InChI is InChI=1S/C24H22N4O3S2/c1-14(2)19(20(29)26-23(25)31)33-24-27-21-17(13-18(32-21)15-9-5-3-6-10-15)22(30)28(24)16-11-7-4-8-12-16/h3-14,19H,1-2H3,(H3,25,26,29,31). The fraction of sp³-hybridized carbons (Fsp3) is 0.167. The Morgan fingerprint density at radius 3 is 2.30 bits per heavy atom. The normalized spacial score (nSPS) is 12.1. The van der Waals surface area contributed by atoms with Crippen LogP contribution in [0.4, 0.5) is 4.79 Å². The Hall–Kier alpha value is -3.43. The molecule has 9 heteroatoms. The first-order chi connectivity index (χ1) is 15.8. The van der Waals surface area contributed by atoms with Gasteiger partial charge in [-0.3, -0.25) is 19.5 Å². The Kier molecular flexibility index (Phi) is 6.62. The molecule has 0 fully saturated rings. The van der Waals surface area contributed by atoms with E-state index in [2.05, 4.69) is 5.32 Å². The summed E-state index contributed by atoms with van der Waals surface area (Å²) in [6.07, 6.45) is 0. The highest BCUT2D eigenvalue weighted by Crippen LogP contribution is 2.34. The number of hydrogen-bond acceptors (Lipinski definition) is 6. The Labute approximate surface area is 198 Å². The van der Waals surface area contributed by atoms with Crippen molar-refractivity contribution in [2.24, 2.45) is 11.7 Å². The van der Waals surface area contributed by atoms with Crippen molar-refractivity contribution in [3.8, 4) is 16.1 Å². The topological polar surface area (TPSA) is 107 Å². The van der Waals surface area contributed by atoms with Crippen LogP contribution in [-0.2, 0) is 4.79 Å². The van der Waals surface area contributed by atoms with E-state index >= 15 is 0 Å². The lowest BCUT2D eigenvalue weighted by atomic mass is 10.1. The Bertz CT molecular complexity index is 1370. The fourth-order valence-electron chi connectivity index (χ4n) is 3.39. The van der Waals surface area contributed by atoms with Gasteiger partial charge in [-0.1, -0.05) is 74.1 Å². The molecule has 3 N–H and O–H groups in total. The van der Waals surface area contributed by atoms with Crippen molar-refractivity contribution < 1.29 is 9.59 Å². The van der Waals surface area contributed by atoms with Crippen LogP contribution in [-0.4, -0.2) is 26.7 Å². The number of imide groups is 1. The first-order valence-electron chi connectivity index (χ1n) is 10.3. The lowest BCUT2D eigenvalue weighted by Crippen LogP contribution is -2.42. The number of fused-ring (bicyclic) bond motifs is 1. The highest BCUT2D eigenvalue weighted by molar-refractivity contribution is 8.00. The summed E-state index contributed by atoms with van der Waals surface area (Å²) in [6.45, 7) is 3.72. The van der Waals surface area contributed by atoms with Crippen LogP contribution in [0.2, 0.25) is 0 Å². The molecular formula is C24H22N4O3S2. The van der Waals surface area contributed by atoms with Crippen molar-refractivity contribution in [3.63, 3.8) is 0 Å². The van der Waals surface area contributed by atoms with Crippen LogP contribution in [0.5, 0.6) is 0 Å². The molecule has 0 aliphatic carbocycles. The van der Waals surface area contributed by atoms with Crippen molar-refractivity contribution >= 4 is 45.3 Å². The SMILES string of the molecule is CC(C)C(Sc1nc2sc(-c3ccccc3)cc2c(=O)n1-c1ccccc1)C(=O)NC(N)=O. The van der Waals surface area contributed by atoms with Crippen LogP contribution in [0.1, 0.15) is 13.8 Å². The molecule has 0 saturated carbocycles. The summed E-state index contributed by atoms with van der Waals surface area (Å²) in [7, 11) is 0. The van der Waals surface area contributed by atoms with E-state index in [1.165, 1.54) is 15.9 Å². The predicted octanol–water partition coefficient (Wildman–Crippen LogP) is 4.43. The minimum atomic E-state index is -0.916. The van der Waals surface area contributed by atoms with Crippen LogP contribution >= 0.6 is 23.1 Å². The lowest BCUT2D eigenvalue weighted by molar-refractivity contribution is -0.120. The monoisotopic (exact) mass is 478 g/mol. The number of para-hydroxylation sites is 1. The number of primary amides is 1. The predicted molar refractivity (Wildman–Crippen MR) is 133 cm³/mol. The summed E-state index contributed by atoms with van der Waals surface area (Å²) in [5.41, 5.74) is 6.58. The number of urea groups is 1. The molecule has 0 saturated heterocycles. The third-order valence-corrected chi connectivity index (χ3v) is 7.52. The molecule has 2 aromatic heterocycles. The summed E-state index contributed by atoms with van der Waals surface area (Å²) in [5.74, 6) is -0.665. The number of aromatic nitrogens is 2. The molecule has 0 aliphatic rings. The lowest BCUT2D eigenvalue weighted by Gasteiger charge is -2.20. The van der Waals surface area contributed by atoms with Gasteiger partial charge >= 0.3 is 6.03 Å². The molecule has 2 heterocycles. The summed E-state index contributed by atoms with van der Waals surface area (Å²) >= 11 is 2.57. The number of thioether (sulfide) groups is 1. The summed E-state index contributed by atoms with van der Waals surface area (Å²) in [6, 6.07) is 19.9. The van der Waals surface area contributed by atoms with Crippen molar-refractivity contribution in [1.82, 2.24) is 14.9 Å². The Morgan fingerprint density at radius 2 is 1.70 bits per heavy atom. The minimum Gasteiger partial charge on any atom is -0.351 e. The van der Waals surface area contributed by atoms with Crippen LogP contribution < -0.4 is 16.6 Å². The summed E-state index contributed by atoms with van der Waals surface area (Å²) < 4.78 is 1.52. The highest BCUT2D eigenvalue weighted by Gasteiger charge is 2.28. The maximum Gasteiger partial charge on any atom is 0.318 e. The van der Waals surface area contributed by atoms with Gasteiger partial charge in [-0.15, -0.1) is 11.3 Å². The van der Waals surface area contributed by atoms with E-state index in [0.29, 0.717) is 21.1 Å². The quantitative estimate of drug-likeness (QED) is 0.315. The highest BCUT2D eigenvalue weighted by atomic mass is 32.2. The zero-order valence-electron chi connectivity index (χ0n) is 18.0. The molecular weight excluding hydrogens is 456 g/mol. The second-order valence-corrected chi connectivity index (χ2v) is 9.84. The molecule has 1 unspecified atom stereocenters. The second-order valence-electron chi connectivity index (χ2n) is 7.70. The molecule has 2 aromatic carbocycles. The van der Waals surface area contributed by atoms with E-state index < -0.39 is 17.2 Å². The van der Waals surface area contributed by atoms with Gasteiger partial charge in [-0.2, -0.15) is 0 Å². The number of hydrogen-bond donors (Lipinski definition) is 2. The maximum absolute atomic E-state index is 13.6. The van der Waals surface area contributed by atoms with Gasteiger partial charge in [0.15, 0.2) is 5.16 Å². The molecule has 0 aliphatic heterocycles. The van der Waals surface area contributed by atoms with E-state index in [0.717, 1.165) is 22.2 Å². The molecule has 4 aromatic rings. The molecule has 7 nitrogen and oxygen atoms in total. The first-order valence-corrected chi connectivity index (χ1v) is 12.0. The van der Waals surface area contributed by atoms with Gasteiger partial charge in [-0.05, 0) is 29.7 Å². The molecule has 3 amide bonds. The van der Waals surface area contributed by atoms with Gasteiger partial charge in [0.2, 0.25) is 5.91 Å². The van der Waals surface area contributed by atoms with Crippen LogP contribution in [0, 0.1) is 5.92 Å². The Balaban J connectivity index is 1.89. The smallest absolute Gasteiger partial charge is 0.318 e. The number of nitrogens with two attached hydrogens (primary N) is 1. The van der Waals surface area contributed by atoms with Gasteiger partial charge in [0.05, 0.1) is 16.3 Å². The Morgan fingerprint density at radius 1 is 1.06 bits per heavy atom. The summed E-state index contributed by atoms with van der Waals surface area (Å²) in [4.78, 5) is 43.8. The average Bonchev–Trinajstić information content (AvgIpc) is 3.22. The number of amides is 3. The van der Waals surface area contributed by atoms with Gasteiger partial charge in [-0.25, -0.2) is 9.78 Å². The van der Waals surface area contributed by atoms with E-state index in [-0.39, 0.29) is 11.5 Å². The number of rotatable bonds is 6. The molecule has 1 atom stereocenters. The van der Waals surface area contributed by atoms with E-state index in [1.807, 2.05) is 80.6 Å². The third kappa shape index (κ3) is 4.84. The van der Waals surface area contributed by atoms with Crippen LogP contribution in [0.15, 0.2) is 76.7 Å². The number of nitrogens with one attached hydrogen (secondary N) is 1. The van der Waals surface area contributed by atoms with Gasteiger partial charge in [0.1, 0.15) is 4.83 Å². The number of carbonyl (C=O) groups excluding carboxylic acids is 2. The maximum atomic E-state index is 13.6. The largest absolute Gasteiger partial charge is 0.351 e. The van der Waals surface area contributed by atoms with Crippen molar-refractivity contribution in [1.29, 1.82) is 0 Å². The second kappa shape index (κ2) is 9.60. The first kappa shape index (κ1) is 22.8. The molecule has 168 valence electrons. The van der Waals surface area contributed by atoms with Crippen molar-refractivity contribution in [3.05, 3.63) is 77.1 Å². The van der Waals surface area contributed by atoms with Crippen molar-refractivity contribution in [2.45, 2.75) is 24.3 Å². The van der Waals surface area contributed by atoms with Gasteiger partial charge < -0.3 is 5.73 Å². The number of thiophene rings is 1. The van der Waals surface area contributed by atoms with Gasteiger partial charge in [0.25, 0.3) is 5.56 Å². The van der Waals surface area contributed by atoms with E-state index in [1.54, 1.807) is 0 Å². The van der Waals surface area contributed by atoms with E-state index in [4.69, 9.17) is 10.7 Å². The van der Waals surface area contributed by atoms with Crippen molar-refractivity contribution in [2.75, 3.05) is 0 Å². The average molecular weight is 479 g/mol. The van der Waals surface area contributed by atoms with Crippen LogP contribution in [0.3, 0.4) is 0 Å². The molecule has 0 spiro atoms. The number of benzene rings is 2. The van der Waals surface area contributed by atoms with Crippen LogP contribution in [0.25, 0.3) is 26.3 Å². The minimum absolute atomic E-state index is 0.144. The third-order valence-electron chi connectivity index (χ3n) is 4.95. The van der Waals surface area contributed by atoms with E-state index in [9.17, 15) is 14.4 Å². The fourth-order valence-corrected chi connectivity index (χ4v) is 5.58. The molecule has 0 radical (unpaired) electrons. The number of carbonyl (C=O) groups is 2. The zero-order valence-corrected chi connectivity index (χ0v) is 19.7. The van der Waals surface area contributed by atoms with Gasteiger partial charge in [0, 0.05) is 4.88 Å². The number of nitrogens with zero attached hydrogens (tertiary/aromatic N) is 2. The molecule has 4 rings (SSSR count). The summed E-state index contributed by atoms with van der Waals surface area (Å²) in [5, 5.41) is 2.35. The zero-order chi connectivity index (χ0) is 23.5.